The zero-order valence-corrected chi connectivity index (χ0v) is 18.2. The number of amidine groups is 1. The third-order valence-electron chi connectivity index (χ3n) is 5.18. The van der Waals surface area contributed by atoms with Gasteiger partial charge in [-0.3, -0.25) is 4.99 Å². The molecule has 7 heteroatoms. The summed E-state index contributed by atoms with van der Waals surface area (Å²) in [5, 5.41) is 7.44. The fourth-order valence-electron chi connectivity index (χ4n) is 3.47. The second kappa shape index (κ2) is 8.20. The van der Waals surface area contributed by atoms with E-state index in [4.69, 9.17) is 11.6 Å². The summed E-state index contributed by atoms with van der Waals surface area (Å²) in [6, 6.07) is 14.1. The molecule has 0 atom stereocenters. The van der Waals surface area contributed by atoms with Crippen LogP contribution in [0.1, 0.15) is 23.4 Å². The lowest BCUT2D eigenvalue weighted by atomic mass is 10.2. The molecule has 152 valence electrons. The number of hydrogen-bond donors (Lipinski definition) is 2. The Kier molecular flexibility index (Phi) is 5.27. The minimum Gasteiger partial charge on any atom is -0.349 e. The van der Waals surface area contributed by atoms with Gasteiger partial charge in [-0.2, -0.15) is 4.98 Å². The maximum Gasteiger partial charge on any atom is 0.225 e. The Morgan fingerprint density at radius 3 is 2.73 bits per heavy atom. The largest absolute Gasteiger partial charge is 0.349 e. The van der Waals surface area contributed by atoms with Crippen LogP contribution in [0.2, 0.25) is 5.02 Å². The molecule has 5 rings (SSSR count). The number of aliphatic imine (C=N–C) groups is 1. The van der Waals surface area contributed by atoms with Crippen LogP contribution in [0, 0.1) is 12.8 Å². The van der Waals surface area contributed by atoms with E-state index in [0.717, 1.165) is 34.8 Å². The predicted octanol–water partition coefficient (Wildman–Crippen LogP) is 5.94. The molecule has 0 saturated heterocycles. The second-order valence-corrected chi connectivity index (χ2v) is 9.27. The van der Waals surface area contributed by atoms with Gasteiger partial charge in [0.2, 0.25) is 5.95 Å². The zero-order chi connectivity index (χ0) is 20.5. The van der Waals surface area contributed by atoms with Crippen molar-refractivity contribution >= 4 is 40.5 Å². The summed E-state index contributed by atoms with van der Waals surface area (Å²) in [7, 11) is 0. The number of rotatable bonds is 6. The van der Waals surface area contributed by atoms with Gasteiger partial charge in [-0.05, 0) is 67.2 Å². The average molecular weight is 436 g/mol. The minimum atomic E-state index is 0.615. The van der Waals surface area contributed by atoms with Crippen LogP contribution in [0.4, 0.5) is 11.8 Å². The molecule has 1 aliphatic heterocycles. The van der Waals surface area contributed by atoms with Gasteiger partial charge < -0.3 is 10.6 Å². The summed E-state index contributed by atoms with van der Waals surface area (Å²) in [5.41, 5.74) is 3.52. The Bertz CT molecular complexity index is 1130. The van der Waals surface area contributed by atoms with Gasteiger partial charge in [0.05, 0.1) is 13.1 Å². The average Bonchev–Trinajstić information content (AvgIpc) is 3.29. The van der Waals surface area contributed by atoms with Crippen LogP contribution >= 0.6 is 22.9 Å². The van der Waals surface area contributed by atoms with Gasteiger partial charge in [-0.1, -0.05) is 23.7 Å². The highest BCUT2D eigenvalue weighted by molar-refractivity contribution is 7.15. The van der Waals surface area contributed by atoms with Crippen molar-refractivity contribution in [1.29, 1.82) is 0 Å². The molecular formula is C23H22ClN5S. The topological polar surface area (TPSA) is 62.2 Å². The Labute approximate surface area is 185 Å². The summed E-state index contributed by atoms with van der Waals surface area (Å²) in [6.45, 7) is 3.47. The van der Waals surface area contributed by atoms with E-state index < -0.39 is 0 Å². The number of nitrogens with one attached hydrogen (secondary N) is 2. The number of halogens is 1. The molecule has 0 spiro atoms. The predicted molar refractivity (Wildman–Crippen MR) is 126 cm³/mol. The first kappa shape index (κ1) is 19.3. The highest BCUT2D eigenvalue weighted by Crippen LogP contribution is 2.37. The van der Waals surface area contributed by atoms with E-state index in [9.17, 15) is 0 Å². The summed E-state index contributed by atoms with van der Waals surface area (Å²) in [6.07, 6.45) is 4.78. The van der Waals surface area contributed by atoms with Crippen LogP contribution in [0.25, 0.3) is 10.4 Å². The van der Waals surface area contributed by atoms with Crippen LogP contribution in [0.5, 0.6) is 0 Å². The number of hydrogen-bond acceptors (Lipinski definition) is 6. The van der Waals surface area contributed by atoms with Crippen LogP contribution in [0.15, 0.2) is 59.1 Å². The van der Waals surface area contributed by atoms with Gasteiger partial charge in [0.25, 0.3) is 0 Å². The number of aromatic nitrogens is 2. The quantitative estimate of drug-likeness (QED) is 0.503. The van der Waals surface area contributed by atoms with Crippen molar-refractivity contribution in [2.24, 2.45) is 10.9 Å². The Morgan fingerprint density at radius 1 is 1.10 bits per heavy atom. The first-order valence-corrected chi connectivity index (χ1v) is 11.3. The first-order valence-electron chi connectivity index (χ1n) is 10.1. The van der Waals surface area contributed by atoms with Crippen molar-refractivity contribution in [2.45, 2.75) is 26.3 Å². The highest BCUT2D eigenvalue weighted by atomic mass is 35.5. The summed E-state index contributed by atoms with van der Waals surface area (Å²) < 4.78 is 0. The van der Waals surface area contributed by atoms with E-state index in [1.165, 1.54) is 33.7 Å². The van der Waals surface area contributed by atoms with Gasteiger partial charge in [0.1, 0.15) is 11.7 Å². The van der Waals surface area contributed by atoms with Crippen molar-refractivity contribution in [3.63, 3.8) is 0 Å². The molecule has 3 heterocycles. The Morgan fingerprint density at radius 2 is 1.93 bits per heavy atom. The lowest BCUT2D eigenvalue weighted by molar-refractivity contribution is 0.959. The molecule has 30 heavy (non-hydrogen) atoms. The van der Waals surface area contributed by atoms with E-state index in [1.807, 2.05) is 37.3 Å². The molecule has 2 aromatic heterocycles. The Balaban J connectivity index is 1.24. The third-order valence-corrected chi connectivity index (χ3v) is 6.56. The molecule has 0 amide bonds. The summed E-state index contributed by atoms with van der Waals surface area (Å²) in [4.78, 5) is 16.2. The molecule has 2 aliphatic rings. The van der Waals surface area contributed by atoms with Crippen LogP contribution in [-0.2, 0) is 6.54 Å². The molecule has 1 aliphatic carbocycles. The van der Waals surface area contributed by atoms with E-state index in [1.54, 1.807) is 11.3 Å². The van der Waals surface area contributed by atoms with E-state index in [2.05, 4.69) is 43.8 Å². The molecule has 1 aromatic carbocycles. The number of benzene rings is 1. The van der Waals surface area contributed by atoms with Crippen LogP contribution < -0.4 is 10.6 Å². The van der Waals surface area contributed by atoms with E-state index in [-0.39, 0.29) is 0 Å². The molecule has 0 unspecified atom stereocenters. The molecule has 5 nitrogen and oxygen atoms in total. The fourth-order valence-corrected chi connectivity index (χ4v) is 4.55. The zero-order valence-electron chi connectivity index (χ0n) is 16.7. The summed E-state index contributed by atoms with van der Waals surface area (Å²) >= 11 is 7.74. The standard InChI is InChI=1S/C23H22ClN5S/c1-14-10-22(28-21-11-17(12-25-21)15-2-3-15)29-23(27-14)26-13-19-8-9-20(30-19)16-4-6-18(24)7-5-16/h4-11,15H,2-3,12-13H2,1H3,(H2,25,26,27,28,29). The van der Waals surface area contributed by atoms with Crippen molar-refractivity contribution in [3.8, 4) is 10.4 Å². The van der Waals surface area contributed by atoms with Gasteiger partial charge >= 0.3 is 0 Å². The number of anilines is 2. The van der Waals surface area contributed by atoms with Crippen molar-refractivity contribution < 1.29 is 0 Å². The van der Waals surface area contributed by atoms with Gasteiger partial charge in [-0.25, -0.2) is 4.98 Å². The molecule has 3 aromatic rings. The Hall–Kier alpha value is -2.70. The molecule has 0 radical (unpaired) electrons. The number of nitrogens with zero attached hydrogens (tertiary/aromatic N) is 3. The molecule has 1 fully saturated rings. The van der Waals surface area contributed by atoms with E-state index >= 15 is 0 Å². The van der Waals surface area contributed by atoms with E-state index in [0.29, 0.717) is 12.5 Å². The van der Waals surface area contributed by atoms with Gasteiger partial charge in [-0.15, -0.1) is 11.3 Å². The van der Waals surface area contributed by atoms with Crippen LogP contribution in [0.3, 0.4) is 0 Å². The van der Waals surface area contributed by atoms with Crippen molar-refractivity contribution in [2.75, 3.05) is 17.2 Å². The van der Waals surface area contributed by atoms with Crippen molar-refractivity contribution in [1.82, 2.24) is 9.97 Å². The SMILES string of the molecule is Cc1cc(NC2=NCC(C3CC3)=C2)nc(NCc2ccc(-c3ccc(Cl)cc3)s2)n1. The molecule has 2 N–H and O–H groups in total. The maximum absolute atomic E-state index is 5.99. The number of thiophene rings is 1. The molecule has 0 bridgehead atoms. The number of aryl methyl sites for hydroxylation is 1. The third kappa shape index (κ3) is 4.55. The highest BCUT2D eigenvalue weighted by Gasteiger charge is 2.27. The lowest BCUT2D eigenvalue weighted by Gasteiger charge is -2.08. The lowest BCUT2D eigenvalue weighted by Crippen LogP contribution is -2.11. The fraction of sp³-hybridized carbons (Fsp3) is 0.261. The molecule has 1 saturated carbocycles. The first-order chi connectivity index (χ1) is 14.6. The van der Waals surface area contributed by atoms with Gasteiger partial charge in [0, 0.05) is 26.5 Å². The maximum atomic E-state index is 5.99. The smallest absolute Gasteiger partial charge is 0.225 e. The molecular weight excluding hydrogens is 414 g/mol. The minimum absolute atomic E-state index is 0.615. The summed E-state index contributed by atoms with van der Waals surface area (Å²) in [5.74, 6) is 3.03. The van der Waals surface area contributed by atoms with Gasteiger partial charge in [0.15, 0.2) is 0 Å². The normalized spacial score (nSPS) is 15.7. The monoisotopic (exact) mass is 435 g/mol. The second-order valence-electron chi connectivity index (χ2n) is 7.66. The van der Waals surface area contributed by atoms with Crippen molar-refractivity contribution in [3.05, 3.63) is 69.7 Å². The van der Waals surface area contributed by atoms with Crippen LogP contribution in [-0.4, -0.2) is 22.3 Å².